The lowest BCUT2D eigenvalue weighted by Gasteiger charge is -2.08. The summed E-state index contributed by atoms with van der Waals surface area (Å²) in [5.41, 5.74) is 6.65. The zero-order chi connectivity index (χ0) is 14.1. The first kappa shape index (κ1) is 18.2. The van der Waals surface area contributed by atoms with Crippen LogP contribution in [0.15, 0.2) is 29.3 Å². The molecule has 1 aromatic carbocycles. The Morgan fingerprint density at radius 1 is 1.35 bits per heavy atom. The number of carbonyl (C=O) groups is 1. The third-order valence-electron chi connectivity index (χ3n) is 2.36. The molecule has 0 aliphatic carbocycles. The van der Waals surface area contributed by atoms with E-state index in [2.05, 4.69) is 21.5 Å². The van der Waals surface area contributed by atoms with Gasteiger partial charge in [-0.1, -0.05) is 18.1 Å². The average molecular weight is 386 g/mol. The zero-order valence-corrected chi connectivity index (χ0v) is 13.7. The molecular formula is C14H19IN4O. The molecule has 4 N–H and O–H groups in total. The van der Waals surface area contributed by atoms with Gasteiger partial charge in [0.15, 0.2) is 5.96 Å². The van der Waals surface area contributed by atoms with Gasteiger partial charge < -0.3 is 16.4 Å². The van der Waals surface area contributed by atoms with Crippen LogP contribution in [-0.2, 0) is 6.54 Å². The van der Waals surface area contributed by atoms with E-state index < -0.39 is 5.91 Å². The summed E-state index contributed by atoms with van der Waals surface area (Å²) in [4.78, 5) is 15.3. The van der Waals surface area contributed by atoms with Gasteiger partial charge in [-0.25, -0.2) is 4.99 Å². The normalized spacial score (nSPS) is 10.1. The number of primary amides is 1. The van der Waals surface area contributed by atoms with E-state index >= 15 is 0 Å². The topological polar surface area (TPSA) is 79.5 Å². The highest BCUT2D eigenvalue weighted by Crippen LogP contribution is 2.05. The third-order valence-corrected chi connectivity index (χ3v) is 2.36. The number of aliphatic imine (C=N–C) groups is 1. The summed E-state index contributed by atoms with van der Waals surface area (Å²) in [6, 6.07) is 7.03. The molecule has 108 valence electrons. The Morgan fingerprint density at radius 2 is 2.00 bits per heavy atom. The lowest BCUT2D eigenvalue weighted by molar-refractivity contribution is 0.100. The summed E-state index contributed by atoms with van der Waals surface area (Å²) >= 11 is 0. The smallest absolute Gasteiger partial charge is 0.248 e. The Labute approximate surface area is 136 Å². The number of nitrogens with two attached hydrogens (primary N) is 1. The van der Waals surface area contributed by atoms with Gasteiger partial charge in [-0.2, -0.15) is 0 Å². The molecule has 1 aromatic rings. The number of terminal acetylenes is 1. The summed E-state index contributed by atoms with van der Waals surface area (Å²) < 4.78 is 0. The van der Waals surface area contributed by atoms with Gasteiger partial charge in [0.25, 0.3) is 0 Å². The number of rotatable bonds is 5. The van der Waals surface area contributed by atoms with E-state index in [0.29, 0.717) is 24.6 Å². The van der Waals surface area contributed by atoms with Crippen LogP contribution in [0.5, 0.6) is 0 Å². The molecule has 0 aliphatic rings. The van der Waals surface area contributed by atoms with Crippen LogP contribution in [0.3, 0.4) is 0 Å². The van der Waals surface area contributed by atoms with Crippen molar-refractivity contribution >= 4 is 35.8 Å². The Bertz CT molecular complexity index is 491. The Hall–Kier alpha value is -1.75. The summed E-state index contributed by atoms with van der Waals surface area (Å²) in [6.07, 6.45) is 5.19. The molecule has 0 saturated carbocycles. The zero-order valence-electron chi connectivity index (χ0n) is 11.3. The van der Waals surface area contributed by atoms with Gasteiger partial charge in [0.2, 0.25) is 5.91 Å². The van der Waals surface area contributed by atoms with Crippen molar-refractivity contribution < 1.29 is 4.79 Å². The van der Waals surface area contributed by atoms with E-state index in [9.17, 15) is 4.79 Å². The maximum atomic E-state index is 10.9. The molecule has 0 saturated heterocycles. The highest BCUT2D eigenvalue weighted by Gasteiger charge is 2.00. The fourth-order valence-corrected chi connectivity index (χ4v) is 1.42. The van der Waals surface area contributed by atoms with Gasteiger partial charge in [-0.15, -0.1) is 30.4 Å². The van der Waals surface area contributed by atoms with Crippen molar-refractivity contribution in [3.63, 3.8) is 0 Å². The van der Waals surface area contributed by atoms with E-state index in [0.717, 1.165) is 12.1 Å². The first-order valence-corrected chi connectivity index (χ1v) is 6.01. The molecule has 5 nitrogen and oxygen atoms in total. The summed E-state index contributed by atoms with van der Waals surface area (Å²) in [5, 5.41) is 6.09. The van der Waals surface area contributed by atoms with Gasteiger partial charge in [0.05, 0.1) is 13.1 Å². The molecule has 1 rings (SSSR count). The van der Waals surface area contributed by atoms with Gasteiger partial charge in [0.1, 0.15) is 0 Å². The highest BCUT2D eigenvalue weighted by molar-refractivity contribution is 14.0. The van der Waals surface area contributed by atoms with Crippen LogP contribution in [-0.4, -0.2) is 25.0 Å². The number of nitrogens with one attached hydrogen (secondary N) is 2. The molecule has 0 aliphatic heterocycles. The van der Waals surface area contributed by atoms with Gasteiger partial charge in [-0.05, 0) is 24.6 Å². The molecule has 0 heterocycles. The van der Waals surface area contributed by atoms with Crippen LogP contribution in [0.25, 0.3) is 0 Å². The Kier molecular flexibility index (Phi) is 9.20. The first-order chi connectivity index (χ1) is 9.17. The van der Waals surface area contributed by atoms with Crippen molar-refractivity contribution in [2.75, 3.05) is 13.1 Å². The van der Waals surface area contributed by atoms with Gasteiger partial charge >= 0.3 is 0 Å². The number of carbonyl (C=O) groups excluding carboxylic acids is 1. The number of benzene rings is 1. The molecule has 0 spiro atoms. The van der Waals surface area contributed by atoms with Crippen molar-refractivity contribution in [3.05, 3.63) is 35.4 Å². The second kappa shape index (κ2) is 10.1. The second-order valence-electron chi connectivity index (χ2n) is 3.81. The van der Waals surface area contributed by atoms with Crippen LogP contribution < -0.4 is 16.4 Å². The Morgan fingerprint density at radius 3 is 2.50 bits per heavy atom. The van der Waals surface area contributed by atoms with E-state index in [1.54, 1.807) is 12.1 Å². The summed E-state index contributed by atoms with van der Waals surface area (Å²) in [7, 11) is 0. The minimum atomic E-state index is -0.431. The van der Waals surface area contributed by atoms with E-state index in [4.69, 9.17) is 12.2 Å². The molecule has 0 unspecified atom stereocenters. The minimum absolute atomic E-state index is 0. The fraction of sp³-hybridized carbons (Fsp3) is 0.286. The number of halogens is 1. The maximum Gasteiger partial charge on any atom is 0.248 e. The van der Waals surface area contributed by atoms with Crippen molar-refractivity contribution in [2.45, 2.75) is 13.5 Å². The number of hydrogen-bond acceptors (Lipinski definition) is 2. The monoisotopic (exact) mass is 386 g/mol. The number of amides is 1. The summed E-state index contributed by atoms with van der Waals surface area (Å²) in [6.45, 7) is 3.66. The van der Waals surface area contributed by atoms with Gasteiger partial charge in [0, 0.05) is 12.1 Å². The van der Waals surface area contributed by atoms with E-state index in [1.807, 2.05) is 19.1 Å². The Balaban J connectivity index is 0.00000361. The standard InChI is InChI=1S/C14H18N4O.HI/c1-3-9-17-14(16-4-2)18-10-11-5-7-12(8-6-11)13(15)19;/h1,5-8H,4,9-10H2,2H3,(H2,15,19)(H2,16,17,18);1H. The molecule has 0 fully saturated rings. The van der Waals surface area contributed by atoms with Crippen molar-refractivity contribution in [3.8, 4) is 12.3 Å². The lowest BCUT2D eigenvalue weighted by Crippen LogP contribution is -2.37. The fourth-order valence-electron chi connectivity index (χ4n) is 1.42. The van der Waals surface area contributed by atoms with Crippen LogP contribution in [0.2, 0.25) is 0 Å². The van der Waals surface area contributed by atoms with Crippen LogP contribution in [0.4, 0.5) is 0 Å². The quantitative estimate of drug-likeness (QED) is 0.307. The van der Waals surface area contributed by atoms with Crippen LogP contribution in [0, 0.1) is 12.3 Å². The van der Waals surface area contributed by atoms with E-state index in [-0.39, 0.29) is 24.0 Å². The molecule has 0 atom stereocenters. The van der Waals surface area contributed by atoms with Crippen molar-refractivity contribution in [2.24, 2.45) is 10.7 Å². The van der Waals surface area contributed by atoms with E-state index in [1.165, 1.54) is 0 Å². The van der Waals surface area contributed by atoms with Crippen LogP contribution in [0.1, 0.15) is 22.8 Å². The molecule has 6 heteroatoms. The minimum Gasteiger partial charge on any atom is -0.366 e. The molecule has 0 aromatic heterocycles. The predicted octanol–water partition coefficient (Wildman–Crippen LogP) is 1.09. The maximum absolute atomic E-state index is 10.9. The van der Waals surface area contributed by atoms with Crippen molar-refractivity contribution in [1.29, 1.82) is 0 Å². The molecule has 0 radical (unpaired) electrons. The predicted molar refractivity (Wildman–Crippen MR) is 92.0 cm³/mol. The molecule has 0 bridgehead atoms. The summed E-state index contributed by atoms with van der Waals surface area (Å²) in [5.74, 6) is 2.73. The van der Waals surface area contributed by atoms with Crippen molar-refractivity contribution in [1.82, 2.24) is 10.6 Å². The molecule has 20 heavy (non-hydrogen) atoms. The lowest BCUT2D eigenvalue weighted by atomic mass is 10.1. The first-order valence-electron chi connectivity index (χ1n) is 6.01. The molecular weight excluding hydrogens is 367 g/mol. The number of hydrogen-bond donors (Lipinski definition) is 3. The molecule has 1 amide bonds. The number of nitrogens with zero attached hydrogens (tertiary/aromatic N) is 1. The van der Waals surface area contributed by atoms with Gasteiger partial charge in [-0.3, -0.25) is 4.79 Å². The number of guanidine groups is 1. The van der Waals surface area contributed by atoms with Crippen LogP contribution >= 0.6 is 24.0 Å². The second-order valence-corrected chi connectivity index (χ2v) is 3.81. The largest absolute Gasteiger partial charge is 0.366 e. The third kappa shape index (κ3) is 6.43. The SMILES string of the molecule is C#CCNC(=NCc1ccc(C(N)=O)cc1)NCC.I. The highest BCUT2D eigenvalue weighted by atomic mass is 127. The average Bonchev–Trinajstić information content (AvgIpc) is 2.42.